The van der Waals surface area contributed by atoms with Crippen LogP contribution in [0.2, 0.25) is 0 Å². The van der Waals surface area contributed by atoms with Gasteiger partial charge in [0.25, 0.3) is 0 Å². The van der Waals surface area contributed by atoms with Gasteiger partial charge in [-0.25, -0.2) is 4.98 Å². The van der Waals surface area contributed by atoms with E-state index in [1.807, 2.05) is 49.3 Å². The van der Waals surface area contributed by atoms with Crippen LogP contribution in [0.3, 0.4) is 0 Å². The van der Waals surface area contributed by atoms with E-state index < -0.39 is 0 Å². The summed E-state index contributed by atoms with van der Waals surface area (Å²) in [5.41, 5.74) is 3.00. The monoisotopic (exact) mass is 355 g/mol. The first-order valence-corrected chi connectivity index (χ1v) is 8.97. The molecular formula is C20H22ClN3O. The molecule has 2 heterocycles. The first-order valence-electron chi connectivity index (χ1n) is 8.43. The molecule has 1 aromatic carbocycles. The standard InChI is InChI=1S/C20H22ClN3O/c1-15-19(25-12-6-5-10-21)9-11-22-20(15)24(2)17-13-16-7-3-4-8-18(16)23-14-17/h3-4,7-9,11,13-14H,5-6,10,12H2,1-2H3. The van der Waals surface area contributed by atoms with Gasteiger partial charge in [0, 0.05) is 30.1 Å². The Morgan fingerprint density at radius 1 is 1.12 bits per heavy atom. The molecule has 0 aliphatic heterocycles. The van der Waals surface area contributed by atoms with Crippen LogP contribution in [0.25, 0.3) is 10.9 Å². The number of hydrogen-bond acceptors (Lipinski definition) is 4. The number of pyridine rings is 2. The van der Waals surface area contributed by atoms with Crippen molar-refractivity contribution < 1.29 is 4.74 Å². The highest BCUT2D eigenvalue weighted by atomic mass is 35.5. The van der Waals surface area contributed by atoms with Gasteiger partial charge in [0.2, 0.25) is 0 Å². The Balaban J connectivity index is 1.84. The average Bonchev–Trinajstić information content (AvgIpc) is 2.65. The maximum absolute atomic E-state index is 5.89. The molecule has 5 heteroatoms. The number of ether oxygens (including phenoxy) is 1. The van der Waals surface area contributed by atoms with Gasteiger partial charge >= 0.3 is 0 Å². The molecule has 0 aliphatic rings. The number of hydrogen-bond donors (Lipinski definition) is 0. The summed E-state index contributed by atoms with van der Waals surface area (Å²) in [5, 5.41) is 1.11. The average molecular weight is 356 g/mol. The van der Waals surface area contributed by atoms with E-state index in [4.69, 9.17) is 16.3 Å². The van der Waals surface area contributed by atoms with E-state index in [2.05, 4.69) is 22.1 Å². The first kappa shape index (κ1) is 17.5. The van der Waals surface area contributed by atoms with Crippen molar-refractivity contribution in [1.29, 1.82) is 0 Å². The molecule has 3 aromatic rings. The van der Waals surface area contributed by atoms with Gasteiger partial charge < -0.3 is 9.64 Å². The van der Waals surface area contributed by atoms with Crippen molar-refractivity contribution >= 4 is 34.0 Å². The van der Waals surface area contributed by atoms with E-state index in [0.717, 1.165) is 46.6 Å². The van der Waals surface area contributed by atoms with Crippen molar-refractivity contribution in [3.05, 3.63) is 54.4 Å². The quantitative estimate of drug-likeness (QED) is 0.436. The Labute approximate surface area is 153 Å². The van der Waals surface area contributed by atoms with Crippen LogP contribution in [0, 0.1) is 6.92 Å². The van der Waals surface area contributed by atoms with Gasteiger partial charge in [-0.1, -0.05) is 18.2 Å². The maximum atomic E-state index is 5.89. The molecule has 0 spiro atoms. The van der Waals surface area contributed by atoms with Gasteiger partial charge in [0.1, 0.15) is 11.6 Å². The van der Waals surface area contributed by atoms with Crippen LogP contribution in [-0.4, -0.2) is 29.5 Å². The predicted molar refractivity (Wildman–Crippen MR) is 104 cm³/mol. The first-order chi connectivity index (χ1) is 12.2. The Kier molecular flexibility index (Phi) is 5.71. The van der Waals surface area contributed by atoms with Crippen molar-refractivity contribution in [3.63, 3.8) is 0 Å². The fraction of sp³-hybridized carbons (Fsp3) is 0.300. The molecule has 0 aliphatic carbocycles. The van der Waals surface area contributed by atoms with Crippen LogP contribution < -0.4 is 9.64 Å². The molecule has 0 amide bonds. The van der Waals surface area contributed by atoms with Crippen molar-refractivity contribution in [3.8, 4) is 5.75 Å². The summed E-state index contributed by atoms with van der Waals surface area (Å²) in [4.78, 5) is 11.1. The van der Waals surface area contributed by atoms with Gasteiger partial charge in [0.15, 0.2) is 0 Å². The molecule has 0 unspecified atom stereocenters. The third kappa shape index (κ3) is 4.02. The normalized spacial score (nSPS) is 10.8. The number of anilines is 2. The molecule has 0 saturated heterocycles. The van der Waals surface area contributed by atoms with Gasteiger partial charge in [-0.3, -0.25) is 4.98 Å². The number of para-hydroxylation sites is 1. The van der Waals surface area contributed by atoms with E-state index in [9.17, 15) is 0 Å². The minimum atomic E-state index is 0.665. The largest absolute Gasteiger partial charge is 0.493 e. The summed E-state index contributed by atoms with van der Waals surface area (Å²) in [5.74, 6) is 2.40. The lowest BCUT2D eigenvalue weighted by Crippen LogP contribution is -2.13. The maximum Gasteiger partial charge on any atom is 0.139 e. The van der Waals surface area contributed by atoms with E-state index in [0.29, 0.717) is 12.5 Å². The molecule has 0 atom stereocenters. The number of aromatic nitrogens is 2. The number of halogens is 1. The second-order valence-electron chi connectivity index (χ2n) is 5.95. The van der Waals surface area contributed by atoms with Gasteiger partial charge in [-0.2, -0.15) is 0 Å². The zero-order valence-electron chi connectivity index (χ0n) is 14.6. The summed E-state index contributed by atoms with van der Waals surface area (Å²) >= 11 is 5.71. The smallest absolute Gasteiger partial charge is 0.139 e. The number of unbranched alkanes of at least 4 members (excludes halogenated alkanes) is 1. The topological polar surface area (TPSA) is 38.2 Å². The third-order valence-electron chi connectivity index (χ3n) is 4.19. The Hall–Kier alpha value is -2.33. The van der Waals surface area contributed by atoms with Crippen LogP contribution in [0.5, 0.6) is 5.75 Å². The summed E-state index contributed by atoms with van der Waals surface area (Å²) in [6.45, 7) is 2.70. The Morgan fingerprint density at radius 3 is 2.80 bits per heavy atom. The second-order valence-corrected chi connectivity index (χ2v) is 6.33. The van der Waals surface area contributed by atoms with E-state index >= 15 is 0 Å². The molecule has 3 rings (SSSR count). The SMILES string of the molecule is Cc1c(OCCCCCl)ccnc1N(C)c1cnc2ccccc2c1. The summed E-state index contributed by atoms with van der Waals surface area (Å²) in [7, 11) is 2.00. The highest BCUT2D eigenvalue weighted by Gasteiger charge is 2.13. The zero-order chi connectivity index (χ0) is 17.6. The molecule has 0 saturated carbocycles. The lowest BCUT2D eigenvalue weighted by atomic mass is 10.2. The predicted octanol–water partition coefficient (Wildman–Crippen LogP) is 5.10. The number of nitrogens with zero attached hydrogens (tertiary/aromatic N) is 3. The number of fused-ring (bicyclic) bond motifs is 1. The van der Waals surface area contributed by atoms with Crippen LogP contribution in [0.4, 0.5) is 11.5 Å². The lowest BCUT2D eigenvalue weighted by molar-refractivity contribution is 0.307. The van der Waals surface area contributed by atoms with Gasteiger partial charge in [0.05, 0.1) is 24.0 Å². The second kappa shape index (κ2) is 8.17. The molecule has 25 heavy (non-hydrogen) atoms. The molecule has 130 valence electrons. The van der Waals surface area contributed by atoms with E-state index in [-0.39, 0.29) is 0 Å². The fourth-order valence-corrected chi connectivity index (χ4v) is 2.93. The van der Waals surface area contributed by atoms with E-state index in [1.54, 1.807) is 6.20 Å². The molecular weight excluding hydrogens is 334 g/mol. The minimum absolute atomic E-state index is 0.665. The van der Waals surface area contributed by atoms with E-state index in [1.165, 1.54) is 0 Å². The number of benzene rings is 1. The number of rotatable bonds is 7. The Morgan fingerprint density at radius 2 is 1.96 bits per heavy atom. The molecule has 0 radical (unpaired) electrons. The van der Waals surface area contributed by atoms with Crippen LogP contribution in [0.15, 0.2) is 48.8 Å². The minimum Gasteiger partial charge on any atom is -0.493 e. The summed E-state index contributed by atoms with van der Waals surface area (Å²) < 4.78 is 5.89. The number of alkyl halides is 1. The fourth-order valence-electron chi connectivity index (χ4n) is 2.75. The third-order valence-corrected chi connectivity index (χ3v) is 4.46. The lowest BCUT2D eigenvalue weighted by Gasteiger charge is -2.21. The zero-order valence-corrected chi connectivity index (χ0v) is 15.3. The molecule has 0 fully saturated rings. The molecule has 4 nitrogen and oxygen atoms in total. The Bertz CT molecular complexity index is 853. The van der Waals surface area contributed by atoms with Crippen LogP contribution >= 0.6 is 11.6 Å². The summed E-state index contributed by atoms with van der Waals surface area (Å²) in [6, 6.07) is 12.1. The van der Waals surface area contributed by atoms with Gasteiger partial charge in [-0.05, 0) is 38.0 Å². The molecule has 0 bridgehead atoms. The molecule has 2 aromatic heterocycles. The highest BCUT2D eigenvalue weighted by molar-refractivity contribution is 6.17. The van der Waals surface area contributed by atoms with Crippen LogP contribution in [-0.2, 0) is 0 Å². The summed E-state index contributed by atoms with van der Waals surface area (Å²) in [6.07, 6.45) is 5.56. The van der Waals surface area contributed by atoms with Crippen LogP contribution in [0.1, 0.15) is 18.4 Å². The molecule has 0 N–H and O–H groups in total. The highest BCUT2D eigenvalue weighted by Crippen LogP contribution is 2.31. The van der Waals surface area contributed by atoms with Crippen molar-refractivity contribution in [2.75, 3.05) is 24.4 Å². The van der Waals surface area contributed by atoms with Crippen molar-refractivity contribution in [1.82, 2.24) is 9.97 Å². The van der Waals surface area contributed by atoms with Crippen molar-refractivity contribution in [2.24, 2.45) is 0 Å². The van der Waals surface area contributed by atoms with Gasteiger partial charge in [-0.15, -0.1) is 11.6 Å². The van der Waals surface area contributed by atoms with Crippen molar-refractivity contribution in [2.45, 2.75) is 19.8 Å².